The Morgan fingerprint density at radius 1 is 1.62 bits per heavy atom. The maximum atomic E-state index is 10.6. The molecule has 1 aliphatic carbocycles. The van der Waals surface area contributed by atoms with Crippen LogP contribution in [-0.2, 0) is 9.53 Å². The maximum Gasteiger partial charge on any atom is 0.332 e. The minimum atomic E-state index is -0.917. The Hall–Kier alpha value is -0.610. The highest BCUT2D eigenvalue weighted by Gasteiger charge is 2.36. The van der Waals surface area contributed by atoms with Gasteiger partial charge < -0.3 is 15.6 Å². The van der Waals surface area contributed by atoms with Crippen LogP contribution in [0.4, 0.5) is 0 Å². The zero-order valence-electron chi connectivity index (χ0n) is 7.95. The van der Waals surface area contributed by atoms with Crippen LogP contribution < -0.4 is 5.73 Å². The number of nitrogens with two attached hydrogens (primary N) is 1. The van der Waals surface area contributed by atoms with E-state index in [2.05, 4.69) is 0 Å². The van der Waals surface area contributed by atoms with Gasteiger partial charge in [-0.3, -0.25) is 0 Å². The van der Waals surface area contributed by atoms with Gasteiger partial charge in [0.25, 0.3) is 0 Å². The predicted octanol–water partition coefficient (Wildman–Crippen LogP) is 0.748. The number of carboxylic acids is 1. The Morgan fingerprint density at radius 3 is 2.54 bits per heavy atom. The summed E-state index contributed by atoms with van der Waals surface area (Å²) in [5.41, 5.74) is 5.24. The third-order valence-corrected chi connectivity index (χ3v) is 2.66. The molecule has 1 unspecified atom stereocenters. The zero-order valence-corrected chi connectivity index (χ0v) is 7.95. The van der Waals surface area contributed by atoms with Crippen LogP contribution in [0, 0.1) is 0 Å². The van der Waals surface area contributed by atoms with E-state index in [0.717, 1.165) is 25.7 Å². The highest BCUT2D eigenvalue weighted by Crippen LogP contribution is 2.33. The number of carbonyl (C=O) groups is 1. The molecule has 0 bridgehead atoms. The molecule has 0 aromatic rings. The van der Waals surface area contributed by atoms with Crippen molar-refractivity contribution in [2.24, 2.45) is 5.73 Å². The average Bonchev–Trinajstić information content (AvgIpc) is 2.54. The van der Waals surface area contributed by atoms with Crippen molar-refractivity contribution in [2.45, 2.75) is 44.3 Å². The molecule has 0 saturated heterocycles. The number of rotatable bonds is 4. The molecule has 0 amide bonds. The van der Waals surface area contributed by atoms with Crippen molar-refractivity contribution in [1.29, 1.82) is 0 Å². The summed E-state index contributed by atoms with van der Waals surface area (Å²) in [6.45, 7) is 1.97. The monoisotopic (exact) mass is 187 g/mol. The first-order valence-corrected chi connectivity index (χ1v) is 4.70. The van der Waals surface area contributed by atoms with Crippen molar-refractivity contribution in [3.63, 3.8) is 0 Å². The SMILES string of the molecule is CC(OC1(CN)CCCC1)C(=O)O. The third-order valence-electron chi connectivity index (χ3n) is 2.66. The minimum Gasteiger partial charge on any atom is -0.479 e. The van der Waals surface area contributed by atoms with Gasteiger partial charge in [-0.05, 0) is 19.8 Å². The zero-order chi connectivity index (χ0) is 9.90. The summed E-state index contributed by atoms with van der Waals surface area (Å²) in [4.78, 5) is 10.6. The van der Waals surface area contributed by atoms with Crippen LogP contribution in [0.25, 0.3) is 0 Å². The van der Waals surface area contributed by atoms with Gasteiger partial charge >= 0.3 is 5.97 Å². The molecule has 1 atom stereocenters. The summed E-state index contributed by atoms with van der Waals surface area (Å²) < 4.78 is 5.48. The van der Waals surface area contributed by atoms with Gasteiger partial charge in [-0.2, -0.15) is 0 Å². The number of hydrogen-bond donors (Lipinski definition) is 2. The van der Waals surface area contributed by atoms with Gasteiger partial charge in [0.05, 0.1) is 5.60 Å². The number of aliphatic carboxylic acids is 1. The fourth-order valence-electron chi connectivity index (χ4n) is 1.81. The first-order chi connectivity index (χ1) is 6.09. The lowest BCUT2D eigenvalue weighted by Gasteiger charge is -2.29. The summed E-state index contributed by atoms with van der Waals surface area (Å²) in [6, 6.07) is 0. The van der Waals surface area contributed by atoms with Gasteiger partial charge in [0, 0.05) is 6.54 Å². The largest absolute Gasteiger partial charge is 0.479 e. The standard InChI is InChI=1S/C9H17NO3/c1-7(8(11)12)13-9(6-10)4-2-3-5-9/h7H,2-6,10H2,1H3,(H,11,12). The van der Waals surface area contributed by atoms with E-state index >= 15 is 0 Å². The molecule has 4 heteroatoms. The lowest BCUT2D eigenvalue weighted by atomic mass is 10.0. The van der Waals surface area contributed by atoms with Crippen molar-refractivity contribution in [1.82, 2.24) is 0 Å². The Bertz CT molecular complexity index is 187. The molecule has 1 rings (SSSR count). The minimum absolute atomic E-state index is 0.363. The van der Waals surface area contributed by atoms with Crippen molar-refractivity contribution in [2.75, 3.05) is 6.54 Å². The molecular formula is C9H17NO3. The average molecular weight is 187 g/mol. The first-order valence-electron chi connectivity index (χ1n) is 4.70. The van der Waals surface area contributed by atoms with E-state index in [1.54, 1.807) is 6.92 Å². The summed E-state index contributed by atoms with van der Waals surface area (Å²) in [5.74, 6) is -0.917. The Kier molecular flexibility index (Phi) is 3.27. The second kappa shape index (κ2) is 4.07. The lowest BCUT2D eigenvalue weighted by molar-refractivity contribution is -0.160. The third kappa shape index (κ3) is 2.42. The van der Waals surface area contributed by atoms with Crippen molar-refractivity contribution in [3.05, 3.63) is 0 Å². The van der Waals surface area contributed by atoms with Crippen LogP contribution in [0.3, 0.4) is 0 Å². The van der Waals surface area contributed by atoms with Gasteiger partial charge in [-0.1, -0.05) is 12.8 Å². The molecule has 13 heavy (non-hydrogen) atoms. The van der Waals surface area contributed by atoms with E-state index in [1.165, 1.54) is 0 Å². The Morgan fingerprint density at radius 2 is 2.15 bits per heavy atom. The van der Waals surface area contributed by atoms with E-state index in [9.17, 15) is 4.79 Å². The van der Waals surface area contributed by atoms with Gasteiger partial charge in [-0.25, -0.2) is 4.79 Å². The second-order valence-corrected chi connectivity index (χ2v) is 3.69. The van der Waals surface area contributed by atoms with Crippen LogP contribution >= 0.6 is 0 Å². The molecule has 1 aliphatic rings. The topological polar surface area (TPSA) is 72.5 Å². The fraction of sp³-hybridized carbons (Fsp3) is 0.889. The van der Waals surface area contributed by atoms with E-state index in [1.807, 2.05) is 0 Å². The van der Waals surface area contributed by atoms with E-state index in [-0.39, 0.29) is 5.60 Å². The van der Waals surface area contributed by atoms with Gasteiger partial charge in [0.2, 0.25) is 0 Å². The van der Waals surface area contributed by atoms with Gasteiger partial charge in [-0.15, -0.1) is 0 Å². The molecule has 1 fully saturated rings. The normalized spacial score (nSPS) is 22.9. The smallest absolute Gasteiger partial charge is 0.332 e. The summed E-state index contributed by atoms with van der Waals surface area (Å²) in [7, 11) is 0. The van der Waals surface area contributed by atoms with Crippen LogP contribution in [0.5, 0.6) is 0 Å². The maximum absolute atomic E-state index is 10.6. The van der Waals surface area contributed by atoms with Crippen LogP contribution in [0.2, 0.25) is 0 Å². The molecule has 0 aromatic heterocycles. The molecule has 0 radical (unpaired) electrons. The van der Waals surface area contributed by atoms with Crippen molar-refractivity contribution >= 4 is 5.97 Å². The van der Waals surface area contributed by atoms with E-state index in [4.69, 9.17) is 15.6 Å². The molecule has 0 spiro atoms. The quantitative estimate of drug-likeness (QED) is 0.681. The predicted molar refractivity (Wildman–Crippen MR) is 48.4 cm³/mol. The number of hydrogen-bond acceptors (Lipinski definition) is 3. The highest BCUT2D eigenvalue weighted by molar-refractivity contribution is 5.71. The molecule has 76 valence electrons. The number of ether oxygens (including phenoxy) is 1. The summed E-state index contributed by atoms with van der Waals surface area (Å²) in [6.07, 6.45) is 3.21. The Labute approximate surface area is 78.1 Å². The van der Waals surface area contributed by atoms with Crippen molar-refractivity contribution in [3.8, 4) is 0 Å². The molecule has 3 N–H and O–H groups in total. The summed E-state index contributed by atoms with van der Waals surface area (Å²) >= 11 is 0. The molecule has 0 aromatic carbocycles. The van der Waals surface area contributed by atoms with Gasteiger partial charge in [0.1, 0.15) is 0 Å². The second-order valence-electron chi connectivity index (χ2n) is 3.69. The molecule has 1 saturated carbocycles. The van der Waals surface area contributed by atoms with Gasteiger partial charge in [0.15, 0.2) is 6.10 Å². The molecule has 4 nitrogen and oxygen atoms in total. The fourth-order valence-corrected chi connectivity index (χ4v) is 1.81. The first kappa shape index (κ1) is 10.5. The summed E-state index contributed by atoms with van der Waals surface area (Å²) in [5, 5.41) is 8.69. The molecular weight excluding hydrogens is 170 g/mol. The van der Waals surface area contributed by atoms with Crippen LogP contribution in [-0.4, -0.2) is 29.3 Å². The highest BCUT2D eigenvalue weighted by atomic mass is 16.5. The Balaban J connectivity index is 2.52. The number of carboxylic acid groups (broad SMARTS) is 1. The molecule has 0 aliphatic heterocycles. The van der Waals surface area contributed by atoms with Crippen LogP contribution in [0.15, 0.2) is 0 Å². The lowest BCUT2D eigenvalue weighted by Crippen LogP contribution is -2.42. The van der Waals surface area contributed by atoms with E-state index in [0.29, 0.717) is 6.54 Å². The molecule has 0 heterocycles. The van der Waals surface area contributed by atoms with E-state index < -0.39 is 12.1 Å². The van der Waals surface area contributed by atoms with Crippen LogP contribution in [0.1, 0.15) is 32.6 Å². The van der Waals surface area contributed by atoms with Crippen molar-refractivity contribution < 1.29 is 14.6 Å².